The number of hydrogen-bond acceptors (Lipinski definition) is 8. The standard InChI is InChI=1S/C22H20O8/c1-25-16-9-15(10-17(11-16)26-2)21(24)18(23)12-28-6-4-5-14-7-19(27-3)22-20(8-14)29-13-30-22/h7-11H,6,12-13H2,1-3H3. The molecule has 0 unspecified atom stereocenters. The lowest BCUT2D eigenvalue weighted by atomic mass is 10.1. The van der Waals surface area contributed by atoms with Crippen LogP contribution in [0.25, 0.3) is 0 Å². The second-order valence-corrected chi connectivity index (χ2v) is 6.06. The zero-order valence-electron chi connectivity index (χ0n) is 16.8. The van der Waals surface area contributed by atoms with Gasteiger partial charge in [-0.25, -0.2) is 0 Å². The molecule has 0 N–H and O–H groups in total. The highest BCUT2D eigenvalue weighted by Crippen LogP contribution is 2.41. The summed E-state index contributed by atoms with van der Waals surface area (Å²) >= 11 is 0. The first-order valence-electron chi connectivity index (χ1n) is 8.90. The van der Waals surface area contributed by atoms with E-state index in [1.807, 2.05) is 0 Å². The number of benzene rings is 2. The Morgan fingerprint density at radius 2 is 1.70 bits per heavy atom. The maximum absolute atomic E-state index is 12.3. The summed E-state index contributed by atoms with van der Waals surface area (Å²) in [6, 6.07) is 7.98. The first kappa shape index (κ1) is 21.0. The van der Waals surface area contributed by atoms with Crippen LogP contribution in [0.5, 0.6) is 28.7 Å². The van der Waals surface area contributed by atoms with Gasteiger partial charge in [0.25, 0.3) is 0 Å². The number of carbonyl (C=O) groups is 2. The summed E-state index contributed by atoms with van der Waals surface area (Å²) < 4.78 is 31.4. The van der Waals surface area contributed by atoms with Crippen molar-refractivity contribution in [3.8, 4) is 40.6 Å². The molecule has 30 heavy (non-hydrogen) atoms. The molecule has 0 fully saturated rings. The summed E-state index contributed by atoms with van der Waals surface area (Å²) in [5.41, 5.74) is 0.809. The van der Waals surface area contributed by atoms with Crippen LogP contribution in [-0.2, 0) is 9.53 Å². The third-order valence-corrected chi connectivity index (χ3v) is 4.17. The van der Waals surface area contributed by atoms with Crippen LogP contribution in [0, 0.1) is 11.8 Å². The van der Waals surface area contributed by atoms with Gasteiger partial charge in [-0.1, -0.05) is 11.8 Å². The topological polar surface area (TPSA) is 89.5 Å². The second kappa shape index (κ2) is 9.67. The van der Waals surface area contributed by atoms with Gasteiger partial charge < -0.3 is 28.4 Å². The third kappa shape index (κ3) is 4.82. The first-order valence-corrected chi connectivity index (χ1v) is 8.90. The van der Waals surface area contributed by atoms with Crippen molar-refractivity contribution < 1.29 is 38.0 Å². The minimum absolute atomic E-state index is 0.0305. The molecule has 8 nitrogen and oxygen atoms in total. The summed E-state index contributed by atoms with van der Waals surface area (Å²) in [5.74, 6) is 6.72. The van der Waals surface area contributed by atoms with Gasteiger partial charge in [0.1, 0.15) is 24.7 Å². The van der Waals surface area contributed by atoms with E-state index in [9.17, 15) is 9.59 Å². The highest BCUT2D eigenvalue weighted by molar-refractivity contribution is 6.44. The number of Topliss-reactive ketones (excluding diaryl/α,β-unsaturated/α-hetero) is 2. The molecule has 0 aromatic heterocycles. The molecule has 0 aliphatic carbocycles. The number of hydrogen-bond donors (Lipinski definition) is 0. The van der Waals surface area contributed by atoms with Crippen molar-refractivity contribution in [1.29, 1.82) is 0 Å². The van der Waals surface area contributed by atoms with E-state index in [0.29, 0.717) is 34.3 Å². The van der Waals surface area contributed by atoms with Crippen LogP contribution < -0.4 is 23.7 Å². The predicted molar refractivity (Wildman–Crippen MR) is 106 cm³/mol. The number of ketones is 2. The van der Waals surface area contributed by atoms with Crippen LogP contribution in [0.3, 0.4) is 0 Å². The molecular weight excluding hydrogens is 392 g/mol. The Labute approximate surface area is 173 Å². The van der Waals surface area contributed by atoms with Gasteiger partial charge in [0.2, 0.25) is 24.1 Å². The number of ether oxygens (including phenoxy) is 6. The molecule has 0 bridgehead atoms. The van der Waals surface area contributed by atoms with E-state index in [1.54, 1.807) is 18.2 Å². The molecule has 3 rings (SSSR count). The summed E-state index contributed by atoms with van der Waals surface area (Å²) in [4.78, 5) is 24.5. The summed E-state index contributed by atoms with van der Waals surface area (Å²) in [6.45, 7) is -0.296. The lowest BCUT2D eigenvalue weighted by Crippen LogP contribution is -2.20. The molecule has 0 saturated heterocycles. The Kier molecular flexibility index (Phi) is 6.78. The highest BCUT2D eigenvalue weighted by atomic mass is 16.7. The van der Waals surface area contributed by atoms with Crippen molar-refractivity contribution in [3.63, 3.8) is 0 Å². The van der Waals surface area contributed by atoms with Crippen LogP contribution in [0.4, 0.5) is 0 Å². The lowest BCUT2D eigenvalue weighted by Gasteiger charge is -2.07. The SMILES string of the molecule is COc1cc(OC)cc(C(=O)C(=O)COCC#Cc2cc(OC)c3c(c2)OCO3)c1. The fraction of sp³-hybridized carbons (Fsp3) is 0.273. The maximum Gasteiger partial charge on any atom is 0.231 e. The molecule has 0 radical (unpaired) electrons. The molecule has 156 valence electrons. The molecule has 0 spiro atoms. The van der Waals surface area contributed by atoms with Crippen molar-refractivity contribution in [3.05, 3.63) is 41.5 Å². The fourth-order valence-electron chi connectivity index (χ4n) is 2.70. The van der Waals surface area contributed by atoms with E-state index < -0.39 is 18.2 Å². The van der Waals surface area contributed by atoms with Crippen LogP contribution >= 0.6 is 0 Å². The zero-order chi connectivity index (χ0) is 21.5. The van der Waals surface area contributed by atoms with Gasteiger partial charge in [0, 0.05) is 23.3 Å². The van der Waals surface area contributed by atoms with Gasteiger partial charge in [0.05, 0.1) is 21.3 Å². The minimum Gasteiger partial charge on any atom is -0.497 e. The van der Waals surface area contributed by atoms with E-state index in [-0.39, 0.29) is 19.0 Å². The summed E-state index contributed by atoms with van der Waals surface area (Å²) in [7, 11) is 4.45. The van der Waals surface area contributed by atoms with E-state index in [0.717, 1.165) is 0 Å². The van der Waals surface area contributed by atoms with Crippen LogP contribution in [0.2, 0.25) is 0 Å². The molecule has 0 amide bonds. The molecule has 1 aliphatic rings. The molecule has 0 saturated carbocycles. The van der Waals surface area contributed by atoms with E-state index in [1.165, 1.54) is 33.5 Å². The van der Waals surface area contributed by atoms with Gasteiger partial charge in [-0.3, -0.25) is 9.59 Å². The normalized spacial score (nSPS) is 11.3. The van der Waals surface area contributed by atoms with Crippen molar-refractivity contribution in [1.82, 2.24) is 0 Å². The summed E-state index contributed by atoms with van der Waals surface area (Å²) in [6.07, 6.45) is 0. The van der Waals surface area contributed by atoms with Gasteiger partial charge in [-0.05, 0) is 18.2 Å². The number of fused-ring (bicyclic) bond motifs is 1. The summed E-state index contributed by atoms with van der Waals surface area (Å²) in [5, 5.41) is 0. The predicted octanol–water partition coefficient (Wildman–Crippen LogP) is 2.26. The highest BCUT2D eigenvalue weighted by Gasteiger charge is 2.20. The Bertz CT molecular complexity index is 994. The number of rotatable bonds is 8. The lowest BCUT2D eigenvalue weighted by molar-refractivity contribution is -0.118. The fourth-order valence-corrected chi connectivity index (χ4v) is 2.70. The van der Waals surface area contributed by atoms with E-state index in [2.05, 4.69) is 11.8 Å². The average molecular weight is 412 g/mol. The molecule has 2 aromatic rings. The van der Waals surface area contributed by atoms with Gasteiger partial charge in [0.15, 0.2) is 11.5 Å². The quantitative estimate of drug-likeness (QED) is 0.282. The molecule has 2 aromatic carbocycles. The first-order chi connectivity index (χ1) is 14.5. The molecule has 8 heteroatoms. The Morgan fingerprint density at radius 1 is 0.967 bits per heavy atom. The van der Waals surface area contributed by atoms with Gasteiger partial charge >= 0.3 is 0 Å². The van der Waals surface area contributed by atoms with E-state index in [4.69, 9.17) is 28.4 Å². The van der Waals surface area contributed by atoms with Gasteiger partial charge in [-0.15, -0.1) is 0 Å². The Balaban J connectivity index is 1.57. The van der Waals surface area contributed by atoms with Crippen LogP contribution in [0.1, 0.15) is 15.9 Å². The molecule has 1 aliphatic heterocycles. The van der Waals surface area contributed by atoms with E-state index >= 15 is 0 Å². The largest absolute Gasteiger partial charge is 0.497 e. The average Bonchev–Trinajstić information content (AvgIpc) is 3.25. The maximum atomic E-state index is 12.3. The van der Waals surface area contributed by atoms with Crippen molar-refractivity contribution in [2.45, 2.75) is 0 Å². The smallest absolute Gasteiger partial charge is 0.231 e. The third-order valence-electron chi connectivity index (χ3n) is 4.17. The molecule has 0 atom stereocenters. The van der Waals surface area contributed by atoms with Gasteiger partial charge in [-0.2, -0.15) is 0 Å². The number of carbonyl (C=O) groups excluding carboxylic acids is 2. The second-order valence-electron chi connectivity index (χ2n) is 6.06. The molecule has 1 heterocycles. The zero-order valence-corrected chi connectivity index (χ0v) is 16.8. The van der Waals surface area contributed by atoms with Crippen LogP contribution in [-0.4, -0.2) is 52.9 Å². The monoisotopic (exact) mass is 412 g/mol. The Morgan fingerprint density at radius 3 is 2.37 bits per heavy atom. The van der Waals surface area contributed by atoms with Crippen LogP contribution in [0.15, 0.2) is 30.3 Å². The van der Waals surface area contributed by atoms with Crippen molar-refractivity contribution in [2.75, 3.05) is 41.3 Å². The van der Waals surface area contributed by atoms with Crippen molar-refractivity contribution >= 4 is 11.6 Å². The molecular formula is C22H20O8. The Hall–Kier alpha value is -3.70. The minimum atomic E-state index is -0.697. The number of methoxy groups -OCH3 is 3. The van der Waals surface area contributed by atoms with Crippen molar-refractivity contribution in [2.24, 2.45) is 0 Å².